The Bertz CT molecular complexity index is 475. The van der Waals surface area contributed by atoms with Gasteiger partial charge >= 0.3 is 0 Å². The number of carbonyl (C=O) groups is 1. The van der Waals surface area contributed by atoms with Crippen molar-refractivity contribution in [2.24, 2.45) is 0 Å². The van der Waals surface area contributed by atoms with Crippen LogP contribution in [0.5, 0.6) is 5.75 Å². The maximum atomic E-state index is 12.6. The Morgan fingerprint density at radius 2 is 2.00 bits per heavy atom. The molecule has 2 fully saturated rings. The van der Waals surface area contributed by atoms with Crippen molar-refractivity contribution in [3.05, 3.63) is 29.8 Å². The van der Waals surface area contributed by atoms with E-state index in [-0.39, 0.29) is 5.91 Å². The number of hydrogen-bond donors (Lipinski definition) is 1. The topological polar surface area (TPSA) is 41.6 Å². The summed E-state index contributed by atoms with van der Waals surface area (Å²) in [5.74, 6) is 0.955. The average Bonchev–Trinajstić information content (AvgIpc) is 2.87. The van der Waals surface area contributed by atoms with Gasteiger partial charge in [-0.3, -0.25) is 4.79 Å². The lowest BCUT2D eigenvalue weighted by Crippen LogP contribution is -2.34. The van der Waals surface area contributed by atoms with Gasteiger partial charge in [0.25, 0.3) is 5.91 Å². The quantitative estimate of drug-likeness (QED) is 0.929. The van der Waals surface area contributed by atoms with E-state index in [2.05, 4.69) is 5.32 Å². The van der Waals surface area contributed by atoms with Crippen molar-refractivity contribution in [1.29, 1.82) is 0 Å². The largest absolute Gasteiger partial charge is 0.490 e. The molecule has 1 saturated carbocycles. The first-order chi connectivity index (χ1) is 10.3. The summed E-state index contributed by atoms with van der Waals surface area (Å²) in [7, 11) is 0. The van der Waals surface area contributed by atoms with Crippen LogP contribution < -0.4 is 10.1 Å². The van der Waals surface area contributed by atoms with Crippen molar-refractivity contribution < 1.29 is 9.53 Å². The molecule has 1 N–H and O–H groups in total. The van der Waals surface area contributed by atoms with E-state index in [1.807, 2.05) is 29.2 Å². The fraction of sp³-hybridized carbons (Fsp3) is 0.588. The zero-order valence-corrected chi connectivity index (χ0v) is 12.5. The summed E-state index contributed by atoms with van der Waals surface area (Å²) >= 11 is 0. The number of nitrogens with one attached hydrogen (secondary N) is 1. The van der Waals surface area contributed by atoms with E-state index in [1.54, 1.807) is 0 Å². The molecule has 0 bridgehead atoms. The molecular formula is C17H24N2O2. The number of nitrogens with zero attached hydrogens (tertiary/aromatic N) is 1. The van der Waals surface area contributed by atoms with Gasteiger partial charge in [0.15, 0.2) is 0 Å². The Labute approximate surface area is 126 Å². The van der Waals surface area contributed by atoms with Gasteiger partial charge in [-0.15, -0.1) is 0 Å². The molecule has 0 unspecified atom stereocenters. The SMILES string of the molecule is O=C(c1cccc(OC2CCCC2)c1)N1CCCNCC1. The molecule has 1 aromatic rings. The molecule has 0 aromatic heterocycles. The van der Waals surface area contributed by atoms with Crippen molar-refractivity contribution >= 4 is 5.91 Å². The molecule has 114 valence electrons. The van der Waals surface area contributed by atoms with Crippen molar-refractivity contribution in [1.82, 2.24) is 10.2 Å². The standard InChI is InChI=1S/C17H24N2O2/c20-17(19-11-4-9-18-10-12-19)14-5-3-8-16(13-14)21-15-6-1-2-7-15/h3,5,8,13,15,18H,1-2,4,6-7,9-12H2. The second-order valence-corrected chi connectivity index (χ2v) is 5.95. The second-order valence-electron chi connectivity index (χ2n) is 5.95. The van der Waals surface area contributed by atoms with Gasteiger partial charge in [-0.05, 0) is 56.8 Å². The molecule has 0 atom stereocenters. The van der Waals surface area contributed by atoms with Crippen molar-refractivity contribution in [2.75, 3.05) is 26.2 Å². The molecule has 1 heterocycles. The van der Waals surface area contributed by atoms with Crippen molar-refractivity contribution in [2.45, 2.75) is 38.2 Å². The summed E-state index contributed by atoms with van der Waals surface area (Å²) in [4.78, 5) is 14.5. The summed E-state index contributed by atoms with van der Waals surface area (Å²) in [5.41, 5.74) is 0.743. The summed E-state index contributed by atoms with van der Waals surface area (Å²) in [6, 6.07) is 7.67. The fourth-order valence-corrected chi connectivity index (χ4v) is 3.13. The monoisotopic (exact) mass is 288 g/mol. The molecule has 0 radical (unpaired) electrons. The number of ether oxygens (including phenoxy) is 1. The van der Waals surface area contributed by atoms with E-state index < -0.39 is 0 Å². The van der Waals surface area contributed by atoms with E-state index in [9.17, 15) is 4.79 Å². The lowest BCUT2D eigenvalue weighted by Gasteiger charge is -2.20. The Balaban J connectivity index is 1.67. The predicted molar refractivity (Wildman–Crippen MR) is 82.7 cm³/mol. The lowest BCUT2D eigenvalue weighted by molar-refractivity contribution is 0.0765. The van der Waals surface area contributed by atoms with Crippen LogP contribution in [-0.4, -0.2) is 43.1 Å². The van der Waals surface area contributed by atoms with Crippen LogP contribution in [0.1, 0.15) is 42.5 Å². The third-order valence-electron chi connectivity index (χ3n) is 4.31. The maximum absolute atomic E-state index is 12.6. The van der Waals surface area contributed by atoms with Crippen LogP contribution in [0.15, 0.2) is 24.3 Å². The van der Waals surface area contributed by atoms with Gasteiger partial charge in [-0.1, -0.05) is 6.07 Å². The summed E-state index contributed by atoms with van der Waals surface area (Å²) in [6.45, 7) is 3.49. The second kappa shape index (κ2) is 6.94. The Kier molecular flexibility index (Phi) is 4.76. The zero-order valence-electron chi connectivity index (χ0n) is 12.5. The molecule has 0 spiro atoms. The molecule has 1 aliphatic carbocycles. The number of hydrogen-bond acceptors (Lipinski definition) is 3. The minimum absolute atomic E-state index is 0.121. The lowest BCUT2D eigenvalue weighted by atomic mass is 10.1. The molecule has 21 heavy (non-hydrogen) atoms. The van der Waals surface area contributed by atoms with Gasteiger partial charge in [-0.25, -0.2) is 0 Å². The summed E-state index contributed by atoms with van der Waals surface area (Å²) in [5, 5.41) is 3.32. The first kappa shape index (κ1) is 14.4. The van der Waals surface area contributed by atoms with E-state index in [1.165, 1.54) is 12.8 Å². The predicted octanol–water partition coefficient (Wildman–Crippen LogP) is 2.44. The van der Waals surface area contributed by atoms with Crippen LogP contribution in [0.4, 0.5) is 0 Å². The highest BCUT2D eigenvalue weighted by Gasteiger charge is 2.19. The first-order valence-corrected chi connectivity index (χ1v) is 8.09. The molecule has 1 amide bonds. The highest BCUT2D eigenvalue weighted by atomic mass is 16.5. The number of carbonyl (C=O) groups excluding carboxylic acids is 1. The number of benzene rings is 1. The zero-order chi connectivity index (χ0) is 14.5. The van der Waals surface area contributed by atoms with Gasteiger partial charge in [0.05, 0.1) is 6.10 Å². The van der Waals surface area contributed by atoms with Gasteiger partial charge in [0.1, 0.15) is 5.75 Å². The van der Waals surface area contributed by atoms with Crippen molar-refractivity contribution in [3.8, 4) is 5.75 Å². The van der Waals surface area contributed by atoms with Crippen LogP contribution in [0.3, 0.4) is 0 Å². The van der Waals surface area contributed by atoms with Crippen molar-refractivity contribution in [3.63, 3.8) is 0 Å². The van der Waals surface area contributed by atoms with Crippen LogP contribution in [0.2, 0.25) is 0 Å². The van der Waals surface area contributed by atoms with E-state index in [4.69, 9.17) is 4.74 Å². The molecule has 1 aromatic carbocycles. The number of amides is 1. The van der Waals surface area contributed by atoms with Crippen LogP contribution >= 0.6 is 0 Å². The Hall–Kier alpha value is -1.55. The fourth-order valence-electron chi connectivity index (χ4n) is 3.13. The van der Waals surface area contributed by atoms with E-state index >= 15 is 0 Å². The summed E-state index contributed by atoms with van der Waals surface area (Å²) < 4.78 is 6.00. The van der Waals surface area contributed by atoms with Gasteiger partial charge in [0, 0.05) is 25.2 Å². The van der Waals surface area contributed by atoms with Crippen LogP contribution in [0.25, 0.3) is 0 Å². The average molecular weight is 288 g/mol. The molecule has 4 nitrogen and oxygen atoms in total. The smallest absolute Gasteiger partial charge is 0.254 e. The highest BCUT2D eigenvalue weighted by Crippen LogP contribution is 2.25. The maximum Gasteiger partial charge on any atom is 0.254 e. The van der Waals surface area contributed by atoms with Gasteiger partial charge in [0.2, 0.25) is 0 Å². The first-order valence-electron chi connectivity index (χ1n) is 8.09. The third kappa shape index (κ3) is 3.76. The third-order valence-corrected chi connectivity index (χ3v) is 4.31. The van der Waals surface area contributed by atoms with E-state index in [0.29, 0.717) is 6.10 Å². The molecular weight excluding hydrogens is 264 g/mol. The minimum Gasteiger partial charge on any atom is -0.490 e. The highest BCUT2D eigenvalue weighted by molar-refractivity contribution is 5.94. The number of rotatable bonds is 3. The summed E-state index contributed by atoms with van der Waals surface area (Å²) in [6.07, 6.45) is 6.13. The normalized spacial score (nSPS) is 20.3. The molecule has 1 saturated heterocycles. The van der Waals surface area contributed by atoms with Gasteiger partial charge in [-0.2, -0.15) is 0 Å². The van der Waals surface area contributed by atoms with Crippen LogP contribution in [-0.2, 0) is 0 Å². The Morgan fingerprint density at radius 1 is 1.14 bits per heavy atom. The molecule has 1 aliphatic heterocycles. The van der Waals surface area contributed by atoms with Gasteiger partial charge < -0.3 is 15.0 Å². The molecule has 3 rings (SSSR count). The molecule has 4 heteroatoms. The van der Waals surface area contributed by atoms with Crippen LogP contribution in [0, 0.1) is 0 Å². The Morgan fingerprint density at radius 3 is 2.86 bits per heavy atom. The minimum atomic E-state index is 0.121. The van der Waals surface area contributed by atoms with E-state index in [0.717, 1.165) is 56.8 Å². The molecule has 2 aliphatic rings.